The maximum Gasteiger partial charge on any atom is 0.255 e. The van der Waals surface area contributed by atoms with Crippen LogP contribution in [-0.2, 0) is 0 Å². The summed E-state index contributed by atoms with van der Waals surface area (Å²) in [4.78, 5) is 16.3. The normalized spacial score (nSPS) is 10.2. The number of aromatic nitrogens is 1. The van der Waals surface area contributed by atoms with Crippen LogP contribution in [-0.4, -0.2) is 10.9 Å². The van der Waals surface area contributed by atoms with E-state index >= 15 is 0 Å². The van der Waals surface area contributed by atoms with Gasteiger partial charge in [-0.05, 0) is 31.2 Å². The molecule has 0 aliphatic rings. The third kappa shape index (κ3) is 4.12. The number of amides is 1. The van der Waals surface area contributed by atoms with Crippen LogP contribution in [0.15, 0.2) is 67.0 Å². The van der Waals surface area contributed by atoms with Gasteiger partial charge in [-0.1, -0.05) is 35.4 Å². The molecule has 1 amide bonds. The first-order valence-electron chi connectivity index (χ1n) is 7.37. The Morgan fingerprint density at radius 3 is 2.67 bits per heavy atom. The Kier molecular flexibility index (Phi) is 4.77. The lowest BCUT2D eigenvalue weighted by Gasteiger charge is -2.09. The molecule has 0 radical (unpaired) electrons. The molecule has 1 N–H and O–H groups in total. The van der Waals surface area contributed by atoms with Crippen LogP contribution in [0.4, 0.5) is 5.69 Å². The Bertz CT molecular complexity index is 881. The number of hydrogen-bond donors (Lipinski definition) is 1. The van der Waals surface area contributed by atoms with E-state index in [9.17, 15) is 4.79 Å². The van der Waals surface area contributed by atoms with E-state index < -0.39 is 0 Å². The van der Waals surface area contributed by atoms with Crippen molar-refractivity contribution < 1.29 is 9.53 Å². The predicted octanol–water partition coefficient (Wildman–Crippen LogP) is 5.09. The van der Waals surface area contributed by atoms with Gasteiger partial charge in [0.2, 0.25) is 0 Å². The van der Waals surface area contributed by atoms with Crippen molar-refractivity contribution in [3.05, 3.63) is 83.1 Å². The maximum atomic E-state index is 12.3. The molecule has 0 fully saturated rings. The summed E-state index contributed by atoms with van der Waals surface area (Å²) in [5.41, 5.74) is 2.29. The van der Waals surface area contributed by atoms with Gasteiger partial charge in [0.05, 0.1) is 11.2 Å². The van der Waals surface area contributed by atoms with Gasteiger partial charge in [0.1, 0.15) is 11.5 Å². The Balaban J connectivity index is 1.74. The van der Waals surface area contributed by atoms with Crippen molar-refractivity contribution in [1.82, 2.24) is 4.98 Å². The summed E-state index contributed by atoms with van der Waals surface area (Å²) in [5.74, 6) is 0.950. The van der Waals surface area contributed by atoms with Gasteiger partial charge >= 0.3 is 0 Å². The number of carbonyl (C=O) groups is 1. The van der Waals surface area contributed by atoms with Crippen LogP contribution in [0.25, 0.3) is 0 Å². The molecule has 120 valence electrons. The maximum absolute atomic E-state index is 12.3. The second kappa shape index (κ2) is 7.15. The van der Waals surface area contributed by atoms with Crippen LogP contribution in [0, 0.1) is 6.92 Å². The molecule has 24 heavy (non-hydrogen) atoms. The molecule has 0 spiro atoms. The summed E-state index contributed by atoms with van der Waals surface area (Å²) in [6.07, 6.45) is 3.11. The molecule has 0 saturated carbocycles. The minimum absolute atomic E-state index is 0.166. The lowest BCUT2D eigenvalue weighted by Crippen LogP contribution is -2.11. The van der Waals surface area contributed by atoms with Crippen molar-refractivity contribution in [1.29, 1.82) is 0 Å². The summed E-state index contributed by atoms with van der Waals surface area (Å²) >= 11 is 5.89. The fourth-order valence-electron chi connectivity index (χ4n) is 2.21. The monoisotopic (exact) mass is 338 g/mol. The number of nitrogens with zero attached hydrogens (tertiary/aromatic N) is 1. The third-order valence-electron chi connectivity index (χ3n) is 3.29. The van der Waals surface area contributed by atoms with Crippen LogP contribution in [0.1, 0.15) is 15.9 Å². The first-order chi connectivity index (χ1) is 11.6. The van der Waals surface area contributed by atoms with Gasteiger partial charge in [-0.15, -0.1) is 0 Å². The number of anilines is 1. The number of nitrogens with one attached hydrogen (secondary N) is 1. The zero-order valence-corrected chi connectivity index (χ0v) is 13.7. The molecule has 2 aromatic carbocycles. The highest BCUT2D eigenvalue weighted by atomic mass is 35.5. The number of halogens is 1. The second-order valence-electron chi connectivity index (χ2n) is 5.29. The number of carbonyl (C=O) groups excluding carboxylic acids is 1. The van der Waals surface area contributed by atoms with Gasteiger partial charge in [0.25, 0.3) is 5.91 Å². The zero-order valence-electron chi connectivity index (χ0n) is 13.0. The Labute approximate surface area is 145 Å². The SMILES string of the molecule is Cc1cccc(C(=O)Nc2cccc(Oc3cncc(Cl)c3)c2)c1. The van der Waals surface area contributed by atoms with E-state index in [0.717, 1.165) is 5.56 Å². The lowest BCUT2D eigenvalue weighted by molar-refractivity contribution is 0.102. The van der Waals surface area contributed by atoms with Crippen molar-refractivity contribution in [2.75, 3.05) is 5.32 Å². The van der Waals surface area contributed by atoms with Crippen LogP contribution >= 0.6 is 11.6 Å². The molecule has 0 saturated heterocycles. The Morgan fingerprint density at radius 2 is 1.88 bits per heavy atom. The average Bonchev–Trinajstić information content (AvgIpc) is 2.55. The number of benzene rings is 2. The molecule has 0 aliphatic carbocycles. The smallest absolute Gasteiger partial charge is 0.255 e. The fourth-order valence-corrected chi connectivity index (χ4v) is 2.38. The summed E-state index contributed by atoms with van der Waals surface area (Å²) in [6, 6.07) is 16.2. The minimum atomic E-state index is -0.166. The number of pyridine rings is 1. The molecule has 4 nitrogen and oxygen atoms in total. The highest BCUT2D eigenvalue weighted by Gasteiger charge is 2.07. The van der Waals surface area contributed by atoms with Gasteiger partial charge in [0, 0.05) is 29.6 Å². The number of rotatable bonds is 4. The average molecular weight is 339 g/mol. The summed E-state index contributed by atoms with van der Waals surface area (Å²) in [5, 5.41) is 3.36. The van der Waals surface area contributed by atoms with E-state index in [-0.39, 0.29) is 5.91 Å². The summed E-state index contributed by atoms with van der Waals surface area (Å²) in [7, 11) is 0. The van der Waals surface area contributed by atoms with Gasteiger partial charge < -0.3 is 10.1 Å². The fraction of sp³-hybridized carbons (Fsp3) is 0.0526. The van der Waals surface area contributed by atoms with E-state index in [1.54, 1.807) is 42.6 Å². The van der Waals surface area contributed by atoms with Crippen molar-refractivity contribution in [2.24, 2.45) is 0 Å². The Morgan fingerprint density at radius 1 is 1.04 bits per heavy atom. The molecule has 1 heterocycles. The first kappa shape index (κ1) is 16.0. The van der Waals surface area contributed by atoms with E-state index in [1.807, 2.05) is 25.1 Å². The molecule has 0 unspecified atom stereocenters. The number of aryl methyl sites for hydroxylation is 1. The number of ether oxygens (including phenoxy) is 1. The topological polar surface area (TPSA) is 51.2 Å². The molecule has 0 atom stereocenters. The van der Waals surface area contributed by atoms with Crippen molar-refractivity contribution in [2.45, 2.75) is 6.92 Å². The minimum Gasteiger partial charge on any atom is -0.456 e. The second-order valence-corrected chi connectivity index (χ2v) is 5.73. The van der Waals surface area contributed by atoms with E-state index in [4.69, 9.17) is 16.3 Å². The quantitative estimate of drug-likeness (QED) is 0.721. The molecule has 0 aliphatic heterocycles. The van der Waals surface area contributed by atoms with Crippen molar-refractivity contribution in [3.63, 3.8) is 0 Å². The predicted molar refractivity (Wildman–Crippen MR) is 94.9 cm³/mol. The van der Waals surface area contributed by atoms with Gasteiger partial charge in [-0.3, -0.25) is 9.78 Å². The highest BCUT2D eigenvalue weighted by molar-refractivity contribution is 6.30. The Hall–Kier alpha value is -2.85. The van der Waals surface area contributed by atoms with E-state index in [2.05, 4.69) is 10.3 Å². The molecule has 1 aromatic heterocycles. The van der Waals surface area contributed by atoms with Crippen molar-refractivity contribution in [3.8, 4) is 11.5 Å². The zero-order chi connectivity index (χ0) is 16.9. The van der Waals surface area contributed by atoms with Crippen LogP contribution in [0.5, 0.6) is 11.5 Å². The van der Waals surface area contributed by atoms with Gasteiger partial charge in [0.15, 0.2) is 0 Å². The largest absolute Gasteiger partial charge is 0.456 e. The lowest BCUT2D eigenvalue weighted by atomic mass is 10.1. The van der Waals surface area contributed by atoms with E-state index in [0.29, 0.717) is 27.8 Å². The standard InChI is InChI=1S/C19H15ClN2O2/c1-13-4-2-5-14(8-13)19(23)22-16-6-3-7-17(10-16)24-18-9-15(20)11-21-12-18/h2-12H,1H3,(H,22,23). The highest BCUT2D eigenvalue weighted by Crippen LogP contribution is 2.25. The van der Waals surface area contributed by atoms with Crippen molar-refractivity contribution >= 4 is 23.2 Å². The third-order valence-corrected chi connectivity index (χ3v) is 3.49. The number of hydrogen-bond acceptors (Lipinski definition) is 3. The molecule has 3 rings (SSSR count). The molecular formula is C19H15ClN2O2. The van der Waals surface area contributed by atoms with Crippen LogP contribution in [0.3, 0.4) is 0 Å². The molecular weight excluding hydrogens is 324 g/mol. The van der Waals surface area contributed by atoms with Gasteiger partial charge in [-0.25, -0.2) is 0 Å². The first-order valence-corrected chi connectivity index (χ1v) is 7.74. The van der Waals surface area contributed by atoms with Crippen LogP contribution < -0.4 is 10.1 Å². The van der Waals surface area contributed by atoms with E-state index in [1.165, 1.54) is 6.20 Å². The summed E-state index contributed by atoms with van der Waals surface area (Å²) < 4.78 is 5.71. The summed E-state index contributed by atoms with van der Waals surface area (Å²) in [6.45, 7) is 1.95. The van der Waals surface area contributed by atoms with Crippen LogP contribution in [0.2, 0.25) is 5.02 Å². The molecule has 5 heteroatoms. The van der Waals surface area contributed by atoms with Gasteiger partial charge in [-0.2, -0.15) is 0 Å². The molecule has 0 bridgehead atoms. The molecule has 3 aromatic rings.